The van der Waals surface area contributed by atoms with Crippen LogP contribution >= 0.6 is 0 Å². The monoisotopic (exact) mass is 263 g/mol. The van der Waals surface area contributed by atoms with Crippen LogP contribution in [0.4, 0.5) is 0 Å². The van der Waals surface area contributed by atoms with Crippen LogP contribution in [-0.2, 0) is 0 Å². The summed E-state index contributed by atoms with van der Waals surface area (Å²) in [6.07, 6.45) is 3.02. The molecule has 2 atom stereocenters. The Hall–Kier alpha value is -1.06. The minimum absolute atomic E-state index is 0.155. The molecule has 0 radical (unpaired) electrons. The van der Waals surface area contributed by atoms with Crippen molar-refractivity contribution in [3.8, 4) is 5.75 Å². The van der Waals surface area contributed by atoms with Crippen LogP contribution in [0.15, 0.2) is 12.1 Å². The molecule has 0 amide bonds. The summed E-state index contributed by atoms with van der Waals surface area (Å²) in [6, 6.07) is 4.29. The van der Waals surface area contributed by atoms with Gasteiger partial charge in [-0.2, -0.15) is 0 Å². The number of aliphatic hydroxyl groups is 1. The fourth-order valence-corrected chi connectivity index (χ4v) is 2.93. The van der Waals surface area contributed by atoms with Crippen molar-refractivity contribution < 1.29 is 9.84 Å². The maximum atomic E-state index is 9.53. The van der Waals surface area contributed by atoms with Gasteiger partial charge in [0.15, 0.2) is 0 Å². The third-order valence-electron chi connectivity index (χ3n) is 4.45. The van der Waals surface area contributed by atoms with Crippen LogP contribution in [0.3, 0.4) is 0 Å². The maximum absolute atomic E-state index is 9.53. The number of aliphatic hydroxyl groups excluding tert-OH is 1. The van der Waals surface area contributed by atoms with Gasteiger partial charge in [-0.1, -0.05) is 6.07 Å². The van der Waals surface area contributed by atoms with Crippen molar-refractivity contribution in [3.63, 3.8) is 0 Å². The van der Waals surface area contributed by atoms with Crippen molar-refractivity contribution in [3.05, 3.63) is 28.8 Å². The van der Waals surface area contributed by atoms with Crippen LogP contribution in [0, 0.1) is 20.8 Å². The van der Waals surface area contributed by atoms with Crippen LogP contribution < -0.4 is 10.1 Å². The molecule has 2 N–H and O–H groups in total. The zero-order valence-corrected chi connectivity index (χ0v) is 12.4. The van der Waals surface area contributed by atoms with Gasteiger partial charge >= 0.3 is 0 Å². The highest BCUT2D eigenvalue weighted by molar-refractivity contribution is 5.42. The van der Waals surface area contributed by atoms with Crippen LogP contribution in [-0.4, -0.2) is 30.4 Å². The van der Waals surface area contributed by atoms with Gasteiger partial charge in [-0.05, 0) is 63.4 Å². The molecule has 0 spiro atoms. The average molecular weight is 263 g/mol. The van der Waals surface area contributed by atoms with E-state index in [2.05, 4.69) is 38.2 Å². The summed E-state index contributed by atoms with van der Waals surface area (Å²) in [4.78, 5) is 0. The van der Waals surface area contributed by atoms with Crippen LogP contribution in [0.25, 0.3) is 0 Å². The molecule has 1 aromatic carbocycles. The summed E-state index contributed by atoms with van der Waals surface area (Å²) >= 11 is 0. The topological polar surface area (TPSA) is 41.5 Å². The zero-order chi connectivity index (χ0) is 14.0. The molecular formula is C16H25NO2. The molecule has 1 aliphatic rings. The molecule has 1 aliphatic carbocycles. The van der Waals surface area contributed by atoms with Gasteiger partial charge in [0.25, 0.3) is 0 Å². The Kier molecular flexibility index (Phi) is 4.16. The second-order valence-corrected chi connectivity index (χ2v) is 5.88. The first kappa shape index (κ1) is 14.4. The molecule has 0 aromatic heterocycles. The number of ether oxygens (including phenoxy) is 1. The molecule has 1 aromatic rings. The van der Waals surface area contributed by atoms with E-state index in [-0.39, 0.29) is 18.2 Å². The van der Waals surface area contributed by atoms with Crippen molar-refractivity contribution in [1.82, 2.24) is 5.32 Å². The Labute approximate surface area is 116 Å². The first-order valence-corrected chi connectivity index (χ1v) is 7.04. The third-order valence-corrected chi connectivity index (χ3v) is 4.45. The van der Waals surface area contributed by atoms with E-state index in [1.165, 1.54) is 16.7 Å². The van der Waals surface area contributed by atoms with Crippen LogP contribution in [0.1, 0.15) is 36.0 Å². The van der Waals surface area contributed by atoms with Gasteiger partial charge in [0.2, 0.25) is 0 Å². The molecule has 1 fully saturated rings. The first-order valence-electron chi connectivity index (χ1n) is 7.04. The van der Waals surface area contributed by atoms with E-state index in [1.807, 2.05) is 7.05 Å². The smallest absolute Gasteiger partial charge is 0.123 e. The predicted octanol–water partition coefficient (Wildman–Crippen LogP) is 2.49. The van der Waals surface area contributed by atoms with E-state index in [9.17, 15) is 5.11 Å². The summed E-state index contributed by atoms with van der Waals surface area (Å²) in [5.74, 6) is 0.993. The summed E-state index contributed by atoms with van der Waals surface area (Å²) in [5, 5.41) is 12.8. The minimum atomic E-state index is -0.155. The Balaban J connectivity index is 2.11. The van der Waals surface area contributed by atoms with Crippen molar-refractivity contribution in [1.29, 1.82) is 0 Å². The number of likely N-dealkylation sites (N-methyl/N-ethyl adjacent to an activating group) is 1. The van der Waals surface area contributed by atoms with Gasteiger partial charge in [0, 0.05) is 12.0 Å². The van der Waals surface area contributed by atoms with Crippen molar-refractivity contribution >= 4 is 0 Å². The lowest BCUT2D eigenvalue weighted by atomic mass is 9.99. The van der Waals surface area contributed by atoms with Gasteiger partial charge in [-0.25, -0.2) is 0 Å². The highest BCUT2D eigenvalue weighted by atomic mass is 16.5. The molecule has 106 valence electrons. The Bertz CT molecular complexity index is 452. The molecule has 0 aliphatic heterocycles. The molecule has 0 heterocycles. The van der Waals surface area contributed by atoms with E-state index in [4.69, 9.17) is 4.74 Å². The van der Waals surface area contributed by atoms with Gasteiger partial charge < -0.3 is 15.2 Å². The van der Waals surface area contributed by atoms with E-state index >= 15 is 0 Å². The van der Waals surface area contributed by atoms with E-state index in [1.54, 1.807) is 0 Å². The number of rotatable bonds is 4. The summed E-state index contributed by atoms with van der Waals surface area (Å²) in [7, 11) is 1.92. The Morgan fingerprint density at radius 3 is 2.68 bits per heavy atom. The number of hydrogen-bond acceptors (Lipinski definition) is 3. The number of benzene rings is 1. The van der Waals surface area contributed by atoms with Crippen molar-refractivity contribution in [2.24, 2.45) is 0 Å². The SMILES string of the molecule is CNC1(CO)CCC(Oc2cc(C)cc(C)c2C)C1. The molecule has 3 heteroatoms. The number of hydrogen-bond donors (Lipinski definition) is 2. The van der Waals surface area contributed by atoms with Gasteiger partial charge in [0.05, 0.1) is 6.61 Å². The molecule has 1 saturated carbocycles. The predicted molar refractivity (Wildman–Crippen MR) is 77.8 cm³/mol. The summed E-state index contributed by atoms with van der Waals surface area (Å²) in [6.45, 7) is 6.50. The summed E-state index contributed by atoms with van der Waals surface area (Å²) in [5.41, 5.74) is 3.57. The number of nitrogens with one attached hydrogen (secondary N) is 1. The Morgan fingerprint density at radius 2 is 2.11 bits per heavy atom. The van der Waals surface area contributed by atoms with Crippen molar-refractivity contribution in [2.45, 2.75) is 51.7 Å². The Morgan fingerprint density at radius 1 is 1.37 bits per heavy atom. The fraction of sp³-hybridized carbons (Fsp3) is 0.625. The van der Waals surface area contributed by atoms with Gasteiger partial charge in [0.1, 0.15) is 11.9 Å². The highest BCUT2D eigenvalue weighted by Crippen LogP contribution is 2.34. The molecule has 3 nitrogen and oxygen atoms in total. The maximum Gasteiger partial charge on any atom is 0.123 e. The quantitative estimate of drug-likeness (QED) is 0.877. The molecule has 0 saturated heterocycles. The molecule has 2 rings (SSSR count). The molecule has 19 heavy (non-hydrogen) atoms. The van der Waals surface area contributed by atoms with E-state index in [0.29, 0.717) is 0 Å². The van der Waals surface area contributed by atoms with Crippen LogP contribution in [0.2, 0.25) is 0 Å². The zero-order valence-electron chi connectivity index (χ0n) is 12.4. The standard InChI is InChI=1S/C16H25NO2/c1-11-7-12(2)13(3)15(8-11)19-14-5-6-16(9-14,10-18)17-4/h7-8,14,17-18H,5-6,9-10H2,1-4H3. The largest absolute Gasteiger partial charge is 0.490 e. The van der Waals surface area contributed by atoms with Crippen LogP contribution in [0.5, 0.6) is 5.75 Å². The lowest BCUT2D eigenvalue weighted by Crippen LogP contribution is -2.44. The molecule has 0 bridgehead atoms. The highest BCUT2D eigenvalue weighted by Gasteiger charge is 2.38. The normalized spacial score (nSPS) is 26.7. The second kappa shape index (κ2) is 5.51. The fourth-order valence-electron chi connectivity index (χ4n) is 2.93. The third kappa shape index (κ3) is 2.93. The van der Waals surface area contributed by atoms with E-state index < -0.39 is 0 Å². The first-order chi connectivity index (χ1) is 8.99. The van der Waals surface area contributed by atoms with E-state index in [0.717, 1.165) is 25.0 Å². The van der Waals surface area contributed by atoms with Gasteiger partial charge in [-0.15, -0.1) is 0 Å². The molecule has 2 unspecified atom stereocenters. The summed E-state index contributed by atoms with van der Waals surface area (Å²) < 4.78 is 6.18. The average Bonchev–Trinajstić information content (AvgIpc) is 2.79. The minimum Gasteiger partial charge on any atom is -0.490 e. The lowest BCUT2D eigenvalue weighted by Gasteiger charge is -2.26. The molecular weight excluding hydrogens is 238 g/mol. The van der Waals surface area contributed by atoms with Gasteiger partial charge in [-0.3, -0.25) is 0 Å². The van der Waals surface area contributed by atoms with Crippen molar-refractivity contribution in [2.75, 3.05) is 13.7 Å². The lowest BCUT2D eigenvalue weighted by molar-refractivity contribution is 0.146. The number of aryl methyl sites for hydroxylation is 2. The second-order valence-electron chi connectivity index (χ2n) is 5.88.